The van der Waals surface area contributed by atoms with Crippen LogP contribution in [0, 0.1) is 0 Å². The van der Waals surface area contributed by atoms with Crippen molar-refractivity contribution < 1.29 is 14.3 Å². The van der Waals surface area contributed by atoms with Crippen molar-refractivity contribution in [2.24, 2.45) is 0 Å². The van der Waals surface area contributed by atoms with E-state index >= 15 is 0 Å². The summed E-state index contributed by atoms with van der Waals surface area (Å²) in [5, 5.41) is 1.12. The molecule has 0 unspecified atom stereocenters. The summed E-state index contributed by atoms with van der Waals surface area (Å²) in [6.45, 7) is 1.47. The first-order chi connectivity index (χ1) is 14.1. The summed E-state index contributed by atoms with van der Waals surface area (Å²) in [4.78, 5) is 26.4. The Labute approximate surface area is 187 Å². The van der Waals surface area contributed by atoms with Crippen LogP contribution in [-0.4, -0.2) is 54.8 Å². The molecule has 0 spiro atoms. The van der Waals surface area contributed by atoms with Crippen molar-refractivity contribution in [1.29, 1.82) is 0 Å². The van der Waals surface area contributed by atoms with Crippen LogP contribution in [0.3, 0.4) is 0 Å². The minimum Gasteiger partial charge on any atom is -0.454 e. The van der Waals surface area contributed by atoms with E-state index in [1.807, 2.05) is 55.4 Å². The van der Waals surface area contributed by atoms with E-state index in [1.165, 1.54) is 22.7 Å². The van der Waals surface area contributed by atoms with Gasteiger partial charge < -0.3 is 14.4 Å². The number of para-hydroxylation sites is 1. The third-order valence-electron chi connectivity index (χ3n) is 4.60. The monoisotopic (exact) mass is 462 g/mol. The molecule has 0 atom stereocenters. The molecule has 0 fully saturated rings. The highest BCUT2D eigenvalue weighted by molar-refractivity contribution is 7.23. The highest BCUT2D eigenvalue weighted by Gasteiger charge is 2.25. The molecule has 1 aliphatic heterocycles. The number of anilines is 1. The van der Waals surface area contributed by atoms with E-state index in [0.29, 0.717) is 28.2 Å². The number of thiazole rings is 2. The Bertz CT molecular complexity index is 1150. The van der Waals surface area contributed by atoms with Crippen molar-refractivity contribution in [3.63, 3.8) is 0 Å². The number of carbonyl (C=O) groups excluding carboxylic acids is 1. The van der Waals surface area contributed by atoms with E-state index in [-0.39, 0.29) is 25.1 Å². The Balaban J connectivity index is 0.00000218. The van der Waals surface area contributed by atoms with E-state index in [4.69, 9.17) is 14.5 Å². The van der Waals surface area contributed by atoms with Gasteiger partial charge in [-0.25, -0.2) is 9.97 Å². The molecule has 0 aliphatic carbocycles. The van der Waals surface area contributed by atoms with Crippen LogP contribution in [0.15, 0.2) is 36.4 Å². The quantitative estimate of drug-likeness (QED) is 0.441. The second kappa shape index (κ2) is 8.35. The predicted molar refractivity (Wildman–Crippen MR) is 123 cm³/mol. The molecule has 5 rings (SSSR count). The van der Waals surface area contributed by atoms with Gasteiger partial charge in [0.1, 0.15) is 0 Å². The zero-order chi connectivity index (χ0) is 20.0. The van der Waals surface area contributed by atoms with Gasteiger partial charge in [0.15, 0.2) is 21.6 Å². The average molecular weight is 463 g/mol. The van der Waals surface area contributed by atoms with Gasteiger partial charge >= 0.3 is 0 Å². The smallest absolute Gasteiger partial charge is 0.289 e. The minimum absolute atomic E-state index is 0. The van der Waals surface area contributed by atoms with Crippen LogP contribution < -0.4 is 14.4 Å². The first kappa shape index (κ1) is 20.8. The summed E-state index contributed by atoms with van der Waals surface area (Å²) in [7, 11) is 3.97. The van der Waals surface area contributed by atoms with Gasteiger partial charge in [-0.05, 0) is 26.2 Å². The summed E-state index contributed by atoms with van der Waals surface area (Å²) in [6, 6.07) is 11.6. The maximum Gasteiger partial charge on any atom is 0.289 e. The van der Waals surface area contributed by atoms with Crippen LogP contribution in [0.5, 0.6) is 11.5 Å². The first-order valence-corrected chi connectivity index (χ1v) is 10.7. The van der Waals surface area contributed by atoms with Crippen LogP contribution >= 0.6 is 35.1 Å². The SMILES string of the molecule is CN(C)CCN(C(=O)c1nc2ccccc2s1)c1nc2cc3c(cc2s1)OCO3.Cl. The number of ether oxygens (including phenoxy) is 2. The average Bonchev–Trinajstić information content (AvgIpc) is 3.42. The fraction of sp³-hybridized carbons (Fsp3) is 0.250. The molecule has 7 nitrogen and oxygen atoms in total. The molecular weight excluding hydrogens is 444 g/mol. The number of hydrogen-bond acceptors (Lipinski definition) is 8. The van der Waals surface area contributed by atoms with Crippen molar-refractivity contribution in [2.75, 3.05) is 38.9 Å². The third-order valence-corrected chi connectivity index (χ3v) is 6.66. The van der Waals surface area contributed by atoms with Crippen molar-refractivity contribution >= 4 is 66.6 Å². The standard InChI is InChI=1S/C20H18N4O3S2.ClH/c1-23(2)7-8-24(19(25)18-21-12-5-3-4-6-16(12)28-18)20-22-13-9-14-15(27-11-26-14)10-17(13)29-20;/h3-6,9-10H,7-8,11H2,1-2H3;1H. The molecule has 30 heavy (non-hydrogen) atoms. The molecule has 1 amide bonds. The highest BCUT2D eigenvalue weighted by atomic mass is 35.5. The van der Waals surface area contributed by atoms with Gasteiger partial charge in [-0.1, -0.05) is 23.5 Å². The zero-order valence-corrected chi connectivity index (χ0v) is 18.8. The second-order valence-electron chi connectivity index (χ2n) is 6.92. The molecule has 0 N–H and O–H groups in total. The van der Waals surface area contributed by atoms with Gasteiger partial charge in [0.25, 0.3) is 5.91 Å². The summed E-state index contributed by atoms with van der Waals surface area (Å²) in [5.74, 6) is 1.27. The number of carbonyl (C=O) groups is 1. The first-order valence-electron chi connectivity index (χ1n) is 9.11. The minimum atomic E-state index is -0.132. The topological polar surface area (TPSA) is 67.8 Å². The number of hydrogen-bond donors (Lipinski definition) is 0. The maximum atomic E-state index is 13.4. The summed E-state index contributed by atoms with van der Waals surface area (Å²) >= 11 is 2.88. The van der Waals surface area contributed by atoms with Crippen LogP contribution in [0.1, 0.15) is 9.80 Å². The molecule has 156 valence electrons. The molecular formula is C20H19ClN4O3S2. The van der Waals surface area contributed by atoms with Crippen LogP contribution in [0.4, 0.5) is 5.13 Å². The van der Waals surface area contributed by atoms with Gasteiger partial charge in [-0.3, -0.25) is 9.69 Å². The molecule has 1 aliphatic rings. The number of nitrogens with zero attached hydrogens (tertiary/aromatic N) is 4. The lowest BCUT2D eigenvalue weighted by Crippen LogP contribution is -2.36. The van der Waals surface area contributed by atoms with E-state index in [1.54, 1.807) is 4.90 Å². The molecule has 0 bridgehead atoms. The van der Waals surface area contributed by atoms with Gasteiger partial charge in [-0.15, -0.1) is 23.7 Å². The van der Waals surface area contributed by atoms with Crippen molar-refractivity contribution in [1.82, 2.24) is 14.9 Å². The number of fused-ring (bicyclic) bond motifs is 3. The van der Waals surface area contributed by atoms with E-state index in [9.17, 15) is 4.79 Å². The highest BCUT2D eigenvalue weighted by Crippen LogP contribution is 2.40. The molecule has 3 heterocycles. The number of amides is 1. The Morgan fingerprint density at radius 1 is 1.00 bits per heavy atom. The number of aromatic nitrogens is 2. The largest absolute Gasteiger partial charge is 0.454 e. The van der Waals surface area contributed by atoms with Gasteiger partial charge in [0, 0.05) is 25.2 Å². The zero-order valence-electron chi connectivity index (χ0n) is 16.3. The number of likely N-dealkylation sites (N-methyl/N-ethyl adjacent to an activating group) is 1. The maximum absolute atomic E-state index is 13.4. The lowest BCUT2D eigenvalue weighted by atomic mass is 10.3. The Morgan fingerprint density at radius 2 is 1.77 bits per heavy atom. The summed E-state index contributed by atoms with van der Waals surface area (Å²) in [6.07, 6.45) is 0. The second-order valence-corrected chi connectivity index (χ2v) is 8.96. The Kier molecular flexibility index (Phi) is 5.79. The lowest BCUT2D eigenvalue weighted by Gasteiger charge is -2.20. The normalized spacial score (nSPS) is 12.5. The van der Waals surface area contributed by atoms with Crippen molar-refractivity contribution in [3.8, 4) is 11.5 Å². The molecule has 2 aromatic heterocycles. The van der Waals surface area contributed by atoms with Crippen LogP contribution in [0.25, 0.3) is 20.4 Å². The number of benzene rings is 2. The molecule has 4 aromatic rings. The van der Waals surface area contributed by atoms with Gasteiger partial charge in [0.05, 0.1) is 20.4 Å². The molecule has 0 radical (unpaired) electrons. The third kappa shape index (κ3) is 3.81. The fourth-order valence-electron chi connectivity index (χ4n) is 3.08. The van der Waals surface area contributed by atoms with Gasteiger partial charge in [0.2, 0.25) is 6.79 Å². The lowest BCUT2D eigenvalue weighted by molar-refractivity contribution is 0.0985. The summed E-state index contributed by atoms with van der Waals surface area (Å²) < 4.78 is 12.9. The number of halogens is 1. The van der Waals surface area contributed by atoms with E-state index in [2.05, 4.69) is 4.98 Å². The van der Waals surface area contributed by atoms with Crippen molar-refractivity contribution in [3.05, 3.63) is 41.4 Å². The predicted octanol–water partition coefficient (Wildman–Crippen LogP) is 4.26. The van der Waals surface area contributed by atoms with Crippen LogP contribution in [0.2, 0.25) is 0 Å². The summed E-state index contributed by atoms with van der Waals surface area (Å²) in [5.41, 5.74) is 1.63. The number of rotatable bonds is 5. The van der Waals surface area contributed by atoms with Crippen LogP contribution in [-0.2, 0) is 0 Å². The van der Waals surface area contributed by atoms with Gasteiger partial charge in [-0.2, -0.15) is 0 Å². The Hall–Kier alpha value is -2.46. The van der Waals surface area contributed by atoms with Crippen molar-refractivity contribution in [2.45, 2.75) is 0 Å². The molecule has 0 saturated heterocycles. The Morgan fingerprint density at radius 3 is 2.53 bits per heavy atom. The fourth-order valence-corrected chi connectivity index (χ4v) is 5.00. The van der Waals surface area contributed by atoms with E-state index < -0.39 is 0 Å². The molecule has 2 aromatic carbocycles. The molecule has 10 heteroatoms. The molecule has 0 saturated carbocycles. The van der Waals surface area contributed by atoms with E-state index in [0.717, 1.165) is 27.0 Å².